The maximum absolute atomic E-state index is 6.48. The summed E-state index contributed by atoms with van der Waals surface area (Å²) in [5, 5.41) is 0. The molecule has 180 valence electrons. The number of anilines is 2. The van der Waals surface area contributed by atoms with Crippen LogP contribution in [0.2, 0.25) is 0 Å². The molecule has 0 amide bonds. The fourth-order valence-corrected chi connectivity index (χ4v) is 4.65. The highest BCUT2D eigenvalue weighted by molar-refractivity contribution is 5.59. The van der Waals surface area contributed by atoms with E-state index in [1.54, 1.807) is 0 Å². The fourth-order valence-electron chi connectivity index (χ4n) is 4.65. The van der Waals surface area contributed by atoms with Crippen molar-refractivity contribution in [3.05, 3.63) is 106 Å². The summed E-state index contributed by atoms with van der Waals surface area (Å²) in [7, 11) is 0. The van der Waals surface area contributed by atoms with Crippen molar-refractivity contribution in [2.75, 3.05) is 11.5 Å². The summed E-state index contributed by atoms with van der Waals surface area (Å²) in [6.45, 7) is 12.8. The summed E-state index contributed by atoms with van der Waals surface area (Å²) in [6.07, 6.45) is 0. The fraction of sp³-hybridized carbons (Fsp3) is 0.226. The molecular formula is C31H34N2O2. The molecule has 0 heterocycles. The zero-order valence-corrected chi connectivity index (χ0v) is 21.4. The molecule has 4 heteroatoms. The average molecular weight is 467 g/mol. The summed E-state index contributed by atoms with van der Waals surface area (Å²) < 4.78 is 13.0. The summed E-state index contributed by atoms with van der Waals surface area (Å²) >= 11 is 0. The van der Waals surface area contributed by atoms with Gasteiger partial charge in [-0.25, -0.2) is 0 Å². The van der Waals surface area contributed by atoms with Crippen LogP contribution >= 0.6 is 0 Å². The third-order valence-corrected chi connectivity index (χ3v) is 6.34. The molecule has 0 fully saturated rings. The molecule has 0 aliphatic carbocycles. The van der Waals surface area contributed by atoms with E-state index in [0.717, 1.165) is 33.8 Å². The second-order valence-electron chi connectivity index (χ2n) is 9.89. The molecule has 0 saturated heterocycles. The Bertz CT molecular complexity index is 1280. The third-order valence-electron chi connectivity index (χ3n) is 6.34. The van der Waals surface area contributed by atoms with E-state index >= 15 is 0 Å². The number of benzene rings is 4. The second-order valence-corrected chi connectivity index (χ2v) is 9.89. The highest BCUT2D eigenvalue weighted by Gasteiger charge is 2.32. The van der Waals surface area contributed by atoms with E-state index in [4.69, 9.17) is 20.9 Å². The van der Waals surface area contributed by atoms with E-state index in [1.165, 1.54) is 11.1 Å². The van der Waals surface area contributed by atoms with Crippen molar-refractivity contribution in [1.82, 2.24) is 0 Å². The van der Waals surface area contributed by atoms with Gasteiger partial charge in [-0.3, -0.25) is 0 Å². The molecule has 0 aromatic heterocycles. The van der Waals surface area contributed by atoms with Gasteiger partial charge in [0.1, 0.15) is 23.0 Å². The maximum Gasteiger partial charge on any atom is 0.134 e. The molecule has 4 nitrogen and oxygen atoms in total. The van der Waals surface area contributed by atoms with Crippen LogP contribution in [0.4, 0.5) is 11.4 Å². The minimum atomic E-state index is -0.432. The van der Waals surface area contributed by atoms with Gasteiger partial charge < -0.3 is 20.9 Å². The smallest absolute Gasteiger partial charge is 0.134 e. The molecule has 0 aliphatic rings. The quantitative estimate of drug-likeness (QED) is 0.282. The Hall–Kier alpha value is -3.92. The van der Waals surface area contributed by atoms with Crippen LogP contribution in [0.1, 0.15) is 47.2 Å². The van der Waals surface area contributed by atoms with Gasteiger partial charge in [0.25, 0.3) is 0 Å². The minimum absolute atomic E-state index is 0.432. The number of hydrogen-bond acceptors (Lipinski definition) is 4. The van der Waals surface area contributed by atoms with Crippen LogP contribution in [0.25, 0.3) is 0 Å². The van der Waals surface area contributed by atoms with Gasteiger partial charge in [-0.15, -0.1) is 0 Å². The first kappa shape index (κ1) is 24.2. The van der Waals surface area contributed by atoms with Crippen LogP contribution < -0.4 is 20.9 Å². The highest BCUT2D eigenvalue weighted by atomic mass is 16.5. The van der Waals surface area contributed by atoms with Crippen molar-refractivity contribution in [2.24, 2.45) is 0 Å². The Morgan fingerprint density at radius 3 is 1.34 bits per heavy atom. The van der Waals surface area contributed by atoms with Crippen LogP contribution in [0.5, 0.6) is 23.0 Å². The Morgan fingerprint density at radius 1 is 0.571 bits per heavy atom. The molecule has 0 aliphatic heterocycles. The number of nitrogen functional groups attached to an aromatic ring is 2. The third kappa shape index (κ3) is 5.12. The van der Waals surface area contributed by atoms with Crippen LogP contribution in [0.15, 0.2) is 72.8 Å². The predicted molar refractivity (Wildman–Crippen MR) is 146 cm³/mol. The number of ether oxygens (including phenoxy) is 2. The van der Waals surface area contributed by atoms with Gasteiger partial charge >= 0.3 is 0 Å². The molecule has 0 atom stereocenters. The van der Waals surface area contributed by atoms with E-state index < -0.39 is 5.41 Å². The highest BCUT2D eigenvalue weighted by Crippen LogP contribution is 2.46. The first-order chi connectivity index (χ1) is 16.5. The van der Waals surface area contributed by atoms with E-state index in [9.17, 15) is 0 Å². The summed E-state index contributed by atoms with van der Waals surface area (Å²) in [4.78, 5) is 0. The Morgan fingerprint density at radius 2 is 0.971 bits per heavy atom. The van der Waals surface area contributed by atoms with Crippen molar-refractivity contribution in [3.63, 3.8) is 0 Å². The molecule has 0 bridgehead atoms. The van der Waals surface area contributed by atoms with Gasteiger partial charge in [-0.1, -0.05) is 61.4 Å². The lowest BCUT2D eigenvalue weighted by atomic mass is 9.75. The Kier molecular flexibility index (Phi) is 6.49. The lowest BCUT2D eigenvalue weighted by molar-refractivity contribution is 0.441. The lowest BCUT2D eigenvalue weighted by Crippen LogP contribution is -2.22. The molecule has 0 saturated carbocycles. The molecular weight excluding hydrogens is 432 g/mol. The molecule has 35 heavy (non-hydrogen) atoms. The molecule has 0 spiro atoms. The normalized spacial score (nSPS) is 11.4. The molecule has 4 rings (SSSR count). The Labute approximate surface area is 208 Å². The van der Waals surface area contributed by atoms with Crippen LogP contribution in [0.3, 0.4) is 0 Å². The van der Waals surface area contributed by atoms with Crippen LogP contribution in [0, 0.1) is 27.7 Å². The number of hydrogen-bond donors (Lipinski definition) is 2. The van der Waals surface area contributed by atoms with Gasteiger partial charge in [0.05, 0.1) is 0 Å². The van der Waals surface area contributed by atoms with E-state index in [-0.39, 0.29) is 0 Å². The van der Waals surface area contributed by atoms with Gasteiger partial charge in [0.15, 0.2) is 0 Å². The van der Waals surface area contributed by atoms with Crippen molar-refractivity contribution in [1.29, 1.82) is 0 Å². The first-order valence-corrected chi connectivity index (χ1v) is 11.8. The second kappa shape index (κ2) is 9.38. The minimum Gasteiger partial charge on any atom is -0.457 e. The van der Waals surface area contributed by atoms with E-state index in [0.29, 0.717) is 22.9 Å². The number of aryl methyl sites for hydroxylation is 4. The van der Waals surface area contributed by atoms with Gasteiger partial charge in [-0.05, 0) is 63.1 Å². The van der Waals surface area contributed by atoms with Crippen molar-refractivity contribution < 1.29 is 9.47 Å². The molecule has 4 aromatic rings. The standard InChI is InChI=1S/C31H34N2O2/c1-19-13-21(3)29(34-25-11-7-9-23(32)17-25)27(15-19)31(5,6)28-16-20(2)14-22(4)30(28)35-26-12-8-10-24(33)18-26/h7-18H,32-33H2,1-6H3. The lowest BCUT2D eigenvalue weighted by Gasteiger charge is -2.32. The molecule has 0 radical (unpaired) electrons. The maximum atomic E-state index is 6.48. The predicted octanol–water partition coefficient (Wildman–Crippen LogP) is 8.00. The topological polar surface area (TPSA) is 70.5 Å². The van der Waals surface area contributed by atoms with E-state index in [1.807, 2.05) is 48.5 Å². The van der Waals surface area contributed by atoms with Crippen LogP contribution in [-0.2, 0) is 5.41 Å². The van der Waals surface area contributed by atoms with Gasteiger partial charge in [0, 0.05) is 40.0 Å². The summed E-state index contributed by atoms with van der Waals surface area (Å²) in [5.41, 5.74) is 19.6. The first-order valence-electron chi connectivity index (χ1n) is 11.8. The molecule has 4 aromatic carbocycles. The zero-order valence-electron chi connectivity index (χ0n) is 21.4. The largest absolute Gasteiger partial charge is 0.457 e. The van der Waals surface area contributed by atoms with Crippen LogP contribution in [-0.4, -0.2) is 0 Å². The van der Waals surface area contributed by atoms with Crippen molar-refractivity contribution in [3.8, 4) is 23.0 Å². The monoisotopic (exact) mass is 466 g/mol. The van der Waals surface area contributed by atoms with Crippen molar-refractivity contribution >= 4 is 11.4 Å². The summed E-state index contributed by atoms with van der Waals surface area (Å²) in [5.74, 6) is 3.09. The molecule has 4 N–H and O–H groups in total. The van der Waals surface area contributed by atoms with E-state index in [2.05, 4.69) is 65.8 Å². The SMILES string of the molecule is Cc1cc(C)c(Oc2cccc(N)c2)c(C(C)(C)c2cc(C)cc(C)c2Oc2cccc(N)c2)c1. The summed E-state index contributed by atoms with van der Waals surface area (Å²) in [6, 6.07) is 23.8. The van der Waals surface area contributed by atoms with Gasteiger partial charge in [0.2, 0.25) is 0 Å². The zero-order chi connectivity index (χ0) is 25.3. The molecule has 0 unspecified atom stereocenters. The number of nitrogens with two attached hydrogens (primary N) is 2. The Balaban J connectivity index is 1.88. The van der Waals surface area contributed by atoms with Crippen molar-refractivity contribution in [2.45, 2.75) is 47.0 Å². The average Bonchev–Trinajstić information content (AvgIpc) is 2.77. The number of rotatable bonds is 6. The van der Waals surface area contributed by atoms with Gasteiger partial charge in [-0.2, -0.15) is 0 Å².